The Kier molecular flexibility index (Phi) is 5.68. The van der Waals surface area contributed by atoms with Crippen molar-refractivity contribution in [2.45, 2.75) is 25.0 Å². The van der Waals surface area contributed by atoms with Crippen molar-refractivity contribution >= 4 is 17.7 Å². The van der Waals surface area contributed by atoms with Gasteiger partial charge in [-0.05, 0) is 43.7 Å². The number of rotatable bonds is 6. The van der Waals surface area contributed by atoms with Gasteiger partial charge < -0.3 is 5.32 Å². The molecule has 2 aromatic carbocycles. The number of aryl methyl sites for hydroxylation is 1. The summed E-state index contributed by atoms with van der Waals surface area (Å²) in [6.45, 7) is 3.85. The Morgan fingerprint density at radius 2 is 2.04 bits per heavy atom. The minimum Gasteiger partial charge on any atom is -0.349 e. The van der Waals surface area contributed by atoms with Crippen molar-refractivity contribution in [3.63, 3.8) is 0 Å². The third-order valence-corrected chi connectivity index (χ3v) is 4.83. The number of aromatic nitrogens is 3. The number of nitrogens with one attached hydrogen (secondary N) is 1. The van der Waals surface area contributed by atoms with Crippen LogP contribution in [0.5, 0.6) is 0 Å². The van der Waals surface area contributed by atoms with Crippen LogP contribution in [0.15, 0.2) is 60.0 Å². The summed E-state index contributed by atoms with van der Waals surface area (Å²) in [5.74, 6) is -0.265. The van der Waals surface area contributed by atoms with Crippen LogP contribution < -0.4 is 5.32 Å². The molecule has 0 radical (unpaired) electrons. The highest BCUT2D eigenvalue weighted by Crippen LogP contribution is 2.20. The number of thioether (sulfide) groups is 1. The molecule has 3 aromatic rings. The molecule has 1 atom stereocenters. The Labute approximate surface area is 155 Å². The average Bonchev–Trinajstić information content (AvgIpc) is 3.09. The lowest BCUT2D eigenvalue weighted by molar-refractivity contribution is -0.119. The maximum absolute atomic E-state index is 13.3. The fourth-order valence-corrected chi connectivity index (χ4v) is 3.22. The van der Waals surface area contributed by atoms with Gasteiger partial charge in [0.1, 0.15) is 12.1 Å². The Balaban J connectivity index is 1.60. The van der Waals surface area contributed by atoms with E-state index in [1.807, 2.05) is 42.7 Å². The number of amides is 1. The Bertz CT molecular complexity index is 895. The number of benzene rings is 2. The van der Waals surface area contributed by atoms with E-state index in [-0.39, 0.29) is 23.5 Å². The molecule has 0 aliphatic carbocycles. The molecule has 134 valence electrons. The van der Waals surface area contributed by atoms with Gasteiger partial charge in [-0.3, -0.25) is 9.36 Å². The standard InChI is InChI=1S/C19H19FN4OS/c1-13-6-8-17(9-7-13)24-12-21-23-19(24)26-11-18(25)22-14(2)15-4-3-5-16(20)10-15/h3-10,12,14H,11H2,1-2H3,(H,22,25). The molecule has 1 heterocycles. The van der Waals surface area contributed by atoms with Crippen LogP contribution in [0, 0.1) is 12.7 Å². The summed E-state index contributed by atoms with van der Waals surface area (Å²) in [4.78, 5) is 12.2. The summed E-state index contributed by atoms with van der Waals surface area (Å²) in [6, 6.07) is 13.9. The third kappa shape index (κ3) is 4.49. The van der Waals surface area contributed by atoms with Crippen LogP contribution in [0.2, 0.25) is 0 Å². The number of nitrogens with zero attached hydrogens (tertiary/aromatic N) is 3. The van der Waals surface area contributed by atoms with Crippen molar-refractivity contribution in [2.75, 3.05) is 5.75 Å². The molecule has 1 aromatic heterocycles. The third-order valence-electron chi connectivity index (χ3n) is 3.89. The second-order valence-electron chi connectivity index (χ2n) is 5.95. The van der Waals surface area contributed by atoms with E-state index in [2.05, 4.69) is 15.5 Å². The lowest BCUT2D eigenvalue weighted by atomic mass is 10.1. The molecule has 0 saturated carbocycles. The lowest BCUT2D eigenvalue weighted by Gasteiger charge is -2.14. The molecule has 1 N–H and O–H groups in total. The molecule has 0 aliphatic rings. The summed E-state index contributed by atoms with van der Waals surface area (Å²) in [5, 5.41) is 11.5. The van der Waals surface area contributed by atoms with E-state index in [1.165, 1.54) is 29.5 Å². The van der Waals surface area contributed by atoms with E-state index in [1.54, 1.807) is 18.5 Å². The number of carbonyl (C=O) groups is 1. The second kappa shape index (κ2) is 8.14. The van der Waals surface area contributed by atoms with E-state index in [4.69, 9.17) is 0 Å². The minimum absolute atomic E-state index is 0.148. The predicted octanol–water partition coefficient (Wildman–Crippen LogP) is 3.68. The topological polar surface area (TPSA) is 59.8 Å². The monoisotopic (exact) mass is 370 g/mol. The van der Waals surface area contributed by atoms with Gasteiger partial charge in [0, 0.05) is 5.69 Å². The molecule has 0 spiro atoms. The van der Waals surface area contributed by atoms with Crippen LogP contribution >= 0.6 is 11.8 Å². The van der Waals surface area contributed by atoms with Gasteiger partial charge in [0.15, 0.2) is 5.16 Å². The molecule has 3 rings (SSSR count). The zero-order valence-corrected chi connectivity index (χ0v) is 15.3. The first-order valence-corrected chi connectivity index (χ1v) is 9.16. The summed E-state index contributed by atoms with van der Waals surface area (Å²) >= 11 is 1.30. The van der Waals surface area contributed by atoms with E-state index in [9.17, 15) is 9.18 Å². The Morgan fingerprint density at radius 3 is 2.77 bits per heavy atom. The molecular formula is C19H19FN4OS. The number of carbonyl (C=O) groups excluding carboxylic acids is 1. The minimum atomic E-state index is -0.316. The Hall–Kier alpha value is -2.67. The SMILES string of the molecule is Cc1ccc(-n2cnnc2SCC(=O)NC(C)c2cccc(F)c2)cc1. The van der Waals surface area contributed by atoms with Gasteiger partial charge in [0.25, 0.3) is 0 Å². The van der Waals surface area contributed by atoms with Gasteiger partial charge in [-0.2, -0.15) is 0 Å². The second-order valence-corrected chi connectivity index (χ2v) is 6.89. The van der Waals surface area contributed by atoms with E-state index in [0.29, 0.717) is 5.16 Å². The van der Waals surface area contributed by atoms with E-state index < -0.39 is 0 Å². The van der Waals surface area contributed by atoms with Crippen LogP contribution in [0.25, 0.3) is 5.69 Å². The first kappa shape index (κ1) is 18.1. The number of hydrogen-bond donors (Lipinski definition) is 1. The fourth-order valence-electron chi connectivity index (χ4n) is 2.48. The van der Waals surface area contributed by atoms with Crippen molar-refractivity contribution in [1.82, 2.24) is 20.1 Å². The molecular weight excluding hydrogens is 351 g/mol. The highest BCUT2D eigenvalue weighted by atomic mass is 32.2. The Morgan fingerprint density at radius 1 is 1.27 bits per heavy atom. The number of halogens is 1. The van der Waals surface area contributed by atoms with Crippen LogP contribution in [0.4, 0.5) is 4.39 Å². The maximum atomic E-state index is 13.3. The quantitative estimate of drug-likeness (QED) is 0.673. The highest BCUT2D eigenvalue weighted by molar-refractivity contribution is 7.99. The molecule has 0 bridgehead atoms. The van der Waals surface area contributed by atoms with Crippen molar-refractivity contribution in [3.05, 3.63) is 71.8 Å². The normalized spacial score (nSPS) is 12.0. The number of hydrogen-bond acceptors (Lipinski definition) is 4. The van der Waals surface area contributed by atoms with Gasteiger partial charge in [-0.15, -0.1) is 10.2 Å². The average molecular weight is 370 g/mol. The van der Waals surface area contributed by atoms with Crippen molar-refractivity contribution < 1.29 is 9.18 Å². The molecule has 0 fully saturated rings. The van der Waals surface area contributed by atoms with Crippen molar-refractivity contribution in [2.24, 2.45) is 0 Å². The van der Waals surface area contributed by atoms with Gasteiger partial charge in [-0.1, -0.05) is 41.6 Å². The summed E-state index contributed by atoms with van der Waals surface area (Å²) in [6.07, 6.45) is 1.63. The van der Waals surface area contributed by atoms with Gasteiger partial charge >= 0.3 is 0 Å². The lowest BCUT2D eigenvalue weighted by Crippen LogP contribution is -2.28. The zero-order chi connectivity index (χ0) is 18.5. The zero-order valence-electron chi connectivity index (χ0n) is 14.5. The molecule has 1 amide bonds. The predicted molar refractivity (Wildman–Crippen MR) is 99.8 cm³/mol. The highest BCUT2D eigenvalue weighted by Gasteiger charge is 2.13. The molecule has 0 saturated heterocycles. The largest absolute Gasteiger partial charge is 0.349 e. The molecule has 1 unspecified atom stereocenters. The van der Waals surface area contributed by atoms with Gasteiger partial charge in [-0.25, -0.2) is 4.39 Å². The van der Waals surface area contributed by atoms with Crippen LogP contribution in [-0.2, 0) is 4.79 Å². The van der Waals surface area contributed by atoms with Crippen molar-refractivity contribution in [3.8, 4) is 5.69 Å². The molecule has 5 nitrogen and oxygen atoms in total. The first-order valence-electron chi connectivity index (χ1n) is 8.17. The van der Waals surface area contributed by atoms with Gasteiger partial charge in [0.05, 0.1) is 11.8 Å². The summed E-state index contributed by atoms with van der Waals surface area (Å²) < 4.78 is 15.1. The van der Waals surface area contributed by atoms with E-state index in [0.717, 1.165) is 11.3 Å². The van der Waals surface area contributed by atoms with Crippen LogP contribution in [0.3, 0.4) is 0 Å². The fraction of sp³-hybridized carbons (Fsp3) is 0.211. The summed E-state index contributed by atoms with van der Waals surface area (Å²) in [5.41, 5.74) is 2.84. The molecule has 0 aliphatic heterocycles. The molecule has 7 heteroatoms. The van der Waals surface area contributed by atoms with E-state index >= 15 is 0 Å². The molecule has 26 heavy (non-hydrogen) atoms. The summed E-state index contributed by atoms with van der Waals surface area (Å²) in [7, 11) is 0. The van der Waals surface area contributed by atoms with Crippen LogP contribution in [-0.4, -0.2) is 26.4 Å². The van der Waals surface area contributed by atoms with Crippen molar-refractivity contribution in [1.29, 1.82) is 0 Å². The van der Waals surface area contributed by atoms with Crippen LogP contribution in [0.1, 0.15) is 24.1 Å². The maximum Gasteiger partial charge on any atom is 0.230 e. The smallest absolute Gasteiger partial charge is 0.230 e. The first-order chi connectivity index (χ1) is 12.5. The van der Waals surface area contributed by atoms with Gasteiger partial charge in [0.2, 0.25) is 5.91 Å².